The summed E-state index contributed by atoms with van der Waals surface area (Å²) in [4.78, 5) is 0. The van der Waals surface area contributed by atoms with E-state index in [1.54, 1.807) is 13.0 Å². The maximum atomic E-state index is 13.0. The number of halogens is 1. The van der Waals surface area contributed by atoms with Crippen LogP contribution < -0.4 is 10.5 Å². The van der Waals surface area contributed by atoms with Crippen LogP contribution in [0.3, 0.4) is 0 Å². The Morgan fingerprint density at radius 2 is 2.31 bits per heavy atom. The van der Waals surface area contributed by atoms with Crippen molar-refractivity contribution in [1.29, 1.82) is 0 Å². The molecule has 1 unspecified atom stereocenters. The van der Waals surface area contributed by atoms with E-state index < -0.39 is 11.9 Å². The Balaban J connectivity index is 2.75. The third-order valence-electron chi connectivity index (χ3n) is 1.47. The molecule has 13 heavy (non-hydrogen) atoms. The van der Waals surface area contributed by atoms with Crippen LogP contribution in [0, 0.1) is 5.82 Å². The summed E-state index contributed by atoms with van der Waals surface area (Å²) in [5.74, 6) is -0.510. The number of rotatable bonds is 3. The summed E-state index contributed by atoms with van der Waals surface area (Å²) < 4.78 is 18.0. The van der Waals surface area contributed by atoms with Crippen LogP contribution >= 0.6 is 0 Å². The van der Waals surface area contributed by atoms with E-state index in [0.29, 0.717) is 0 Å². The third kappa shape index (κ3) is 2.59. The van der Waals surface area contributed by atoms with Crippen molar-refractivity contribution in [3.63, 3.8) is 0 Å². The van der Waals surface area contributed by atoms with E-state index in [1.165, 1.54) is 12.1 Å². The summed E-state index contributed by atoms with van der Waals surface area (Å²) >= 11 is 0. The number of nitrogen functional groups attached to an aromatic ring is 1. The van der Waals surface area contributed by atoms with Crippen LogP contribution in [0.25, 0.3) is 0 Å². The minimum atomic E-state index is -0.640. The highest BCUT2D eigenvalue weighted by atomic mass is 19.1. The molecule has 0 aliphatic rings. The summed E-state index contributed by atoms with van der Waals surface area (Å²) in [5.41, 5.74) is 5.70. The number of ether oxygens (including phenoxy) is 1. The lowest BCUT2D eigenvalue weighted by molar-refractivity contribution is 0.120. The van der Waals surface area contributed by atoms with Crippen molar-refractivity contribution in [2.45, 2.75) is 13.0 Å². The number of anilines is 1. The summed E-state index contributed by atoms with van der Waals surface area (Å²) in [6.07, 6.45) is -0.640. The highest BCUT2D eigenvalue weighted by Gasteiger charge is 2.07. The molecule has 0 bridgehead atoms. The second kappa shape index (κ2) is 4.09. The van der Waals surface area contributed by atoms with Crippen molar-refractivity contribution < 1.29 is 14.2 Å². The van der Waals surface area contributed by atoms with Crippen LogP contribution in [-0.4, -0.2) is 17.8 Å². The highest BCUT2D eigenvalue weighted by Crippen LogP contribution is 2.24. The first-order valence-electron chi connectivity index (χ1n) is 3.96. The molecule has 0 aromatic heterocycles. The number of nitrogens with two attached hydrogens (primary N) is 1. The molecule has 0 spiro atoms. The van der Waals surface area contributed by atoms with Gasteiger partial charge in [0.1, 0.15) is 6.61 Å². The van der Waals surface area contributed by atoms with Gasteiger partial charge in [-0.3, -0.25) is 0 Å². The van der Waals surface area contributed by atoms with Crippen LogP contribution in [-0.2, 0) is 0 Å². The van der Waals surface area contributed by atoms with Gasteiger partial charge in [-0.15, -0.1) is 0 Å². The molecule has 0 amide bonds. The predicted molar refractivity (Wildman–Crippen MR) is 48.0 cm³/mol. The van der Waals surface area contributed by atoms with Crippen molar-refractivity contribution in [2.24, 2.45) is 0 Å². The van der Waals surface area contributed by atoms with Gasteiger partial charge in [-0.2, -0.15) is 0 Å². The van der Waals surface area contributed by atoms with Gasteiger partial charge in [0.2, 0.25) is 0 Å². The largest absolute Gasteiger partial charge is 0.486 e. The van der Waals surface area contributed by atoms with E-state index in [1.807, 2.05) is 0 Å². The summed E-state index contributed by atoms with van der Waals surface area (Å²) in [7, 11) is 0. The Morgan fingerprint density at radius 1 is 1.62 bits per heavy atom. The van der Waals surface area contributed by atoms with E-state index in [2.05, 4.69) is 0 Å². The number of hydrogen-bond donors (Lipinski definition) is 2. The van der Waals surface area contributed by atoms with E-state index in [4.69, 9.17) is 15.6 Å². The lowest BCUT2D eigenvalue weighted by Crippen LogP contribution is -2.14. The van der Waals surface area contributed by atoms with Gasteiger partial charge in [-0.25, -0.2) is 4.39 Å². The molecule has 1 aromatic rings. The van der Waals surface area contributed by atoms with Gasteiger partial charge in [0, 0.05) is 0 Å². The first kappa shape index (κ1) is 9.80. The van der Waals surface area contributed by atoms with E-state index in [9.17, 15) is 4.39 Å². The van der Waals surface area contributed by atoms with E-state index >= 15 is 0 Å². The fraction of sp³-hybridized carbons (Fsp3) is 0.333. The summed E-state index contributed by atoms with van der Waals surface area (Å²) in [6, 6.07) is 4.30. The van der Waals surface area contributed by atoms with Gasteiger partial charge in [0.05, 0.1) is 11.8 Å². The molecule has 0 fully saturated rings. The number of hydrogen-bond acceptors (Lipinski definition) is 3. The van der Waals surface area contributed by atoms with Gasteiger partial charge < -0.3 is 15.6 Å². The quantitative estimate of drug-likeness (QED) is 0.695. The van der Waals surface area contributed by atoms with Crippen molar-refractivity contribution in [3.05, 3.63) is 24.0 Å². The standard InChI is InChI=1S/C9H12FNO2/c1-6(12)5-13-9-7(10)3-2-4-8(9)11/h2-4,6,12H,5,11H2,1H3. The lowest BCUT2D eigenvalue weighted by Gasteiger charge is -2.10. The van der Waals surface area contributed by atoms with Gasteiger partial charge >= 0.3 is 0 Å². The fourth-order valence-corrected chi connectivity index (χ4v) is 0.882. The average Bonchev–Trinajstić information content (AvgIpc) is 2.03. The van der Waals surface area contributed by atoms with Gasteiger partial charge in [0.25, 0.3) is 0 Å². The molecule has 0 radical (unpaired) electrons. The fourth-order valence-electron chi connectivity index (χ4n) is 0.882. The molecule has 1 atom stereocenters. The van der Waals surface area contributed by atoms with E-state index in [-0.39, 0.29) is 18.0 Å². The van der Waals surface area contributed by atoms with Gasteiger partial charge in [-0.05, 0) is 19.1 Å². The second-order valence-electron chi connectivity index (χ2n) is 2.82. The summed E-state index contributed by atoms with van der Waals surface area (Å²) in [5, 5.41) is 8.91. The van der Waals surface area contributed by atoms with Crippen molar-refractivity contribution in [3.8, 4) is 5.75 Å². The van der Waals surface area contributed by atoms with Crippen LogP contribution in [0.2, 0.25) is 0 Å². The number of aliphatic hydroxyl groups excluding tert-OH is 1. The van der Waals surface area contributed by atoms with Crippen molar-refractivity contribution in [1.82, 2.24) is 0 Å². The zero-order chi connectivity index (χ0) is 9.84. The Bertz CT molecular complexity index is 269. The number of para-hydroxylation sites is 1. The molecular formula is C9H12FNO2. The molecule has 72 valence electrons. The second-order valence-corrected chi connectivity index (χ2v) is 2.82. The molecule has 4 heteroatoms. The van der Waals surface area contributed by atoms with Crippen molar-refractivity contribution >= 4 is 5.69 Å². The molecule has 0 aliphatic heterocycles. The Kier molecular flexibility index (Phi) is 3.08. The third-order valence-corrected chi connectivity index (χ3v) is 1.47. The SMILES string of the molecule is CC(O)COc1c(N)cccc1F. The van der Waals surface area contributed by atoms with Crippen LogP contribution in [0.4, 0.5) is 10.1 Å². The zero-order valence-electron chi connectivity index (χ0n) is 7.33. The molecule has 0 heterocycles. The molecule has 0 saturated heterocycles. The highest BCUT2D eigenvalue weighted by molar-refractivity contribution is 5.52. The maximum Gasteiger partial charge on any atom is 0.177 e. The predicted octanol–water partition coefficient (Wildman–Crippen LogP) is 1.17. The molecule has 1 aromatic carbocycles. The van der Waals surface area contributed by atoms with Crippen LogP contribution in [0.15, 0.2) is 18.2 Å². The molecule has 3 nitrogen and oxygen atoms in total. The van der Waals surface area contributed by atoms with Gasteiger partial charge in [0.15, 0.2) is 11.6 Å². The Morgan fingerprint density at radius 3 is 2.85 bits per heavy atom. The number of benzene rings is 1. The molecule has 0 saturated carbocycles. The maximum absolute atomic E-state index is 13.0. The van der Waals surface area contributed by atoms with Crippen molar-refractivity contribution in [2.75, 3.05) is 12.3 Å². The Hall–Kier alpha value is -1.29. The van der Waals surface area contributed by atoms with Gasteiger partial charge in [-0.1, -0.05) is 6.07 Å². The minimum Gasteiger partial charge on any atom is -0.486 e. The smallest absolute Gasteiger partial charge is 0.177 e. The van der Waals surface area contributed by atoms with Crippen LogP contribution in [0.1, 0.15) is 6.92 Å². The first-order valence-corrected chi connectivity index (χ1v) is 3.96. The molecular weight excluding hydrogens is 173 g/mol. The molecule has 1 rings (SSSR count). The summed E-state index contributed by atoms with van der Waals surface area (Å²) in [6.45, 7) is 1.59. The minimum absolute atomic E-state index is 0.00315. The molecule has 0 aliphatic carbocycles. The zero-order valence-corrected chi connectivity index (χ0v) is 7.33. The van der Waals surface area contributed by atoms with E-state index in [0.717, 1.165) is 0 Å². The first-order chi connectivity index (χ1) is 6.11. The monoisotopic (exact) mass is 185 g/mol. The average molecular weight is 185 g/mol. The Labute approximate surface area is 75.9 Å². The normalized spacial score (nSPS) is 12.5. The molecule has 3 N–H and O–H groups in total. The topological polar surface area (TPSA) is 55.5 Å². The number of aliphatic hydroxyl groups is 1. The van der Waals surface area contributed by atoms with Crippen LogP contribution in [0.5, 0.6) is 5.75 Å². The lowest BCUT2D eigenvalue weighted by atomic mass is 10.3.